The minimum Gasteiger partial charge on any atom is -0.492 e. The minimum atomic E-state index is -3.84. The van der Waals surface area contributed by atoms with Crippen LogP contribution in [0.4, 0.5) is 0 Å². The van der Waals surface area contributed by atoms with Crippen molar-refractivity contribution in [2.75, 3.05) is 18.1 Å². The summed E-state index contributed by atoms with van der Waals surface area (Å²) in [6.07, 6.45) is 0.538. The highest BCUT2D eigenvalue weighted by Gasteiger charge is 2.29. The van der Waals surface area contributed by atoms with E-state index in [1.165, 1.54) is 6.07 Å². The van der Waals surface area contributed by atoms with Crippen LogP contribution in [0.15, 0.2) is 17.0 Å². The Morgan fingerprint density at radius 1 is 1.30 bits per heavy atom. The zero-order chi connectivity index (χ0) is 17.3. The van der Waals surface area contributed by atoms with Gasteiger partial charge in [0.25, 0.3) is 0 Å². The van der Waals surface area contributed by atoms with Crippen LogP contribution in [0, 0.1) is 6.92 Å². The summed E-state index contributed by atoms with van der Waals surface area (Å²) in [4.78, 5) is -0.0246. The number of nitrogens with one attached hydrogen (secondary N) is 1. The van der Waals surface area contributed by atoms with E-state index in [-0.39, 0.29) is 35.0 Å². The van der Waals surface area contributed by atoms with Crippen molar-refractivity contribution in [3.8, 4) is 5.75 Å². The van der Waals surface area contributed by atoms with E-state index in [1.54, 1.807) is 19.9 Å². The van der Waals surface area contributed by atoms with Crippen LogP contribution < -0.4 is 9.46 Å². The molecule has 9 heteroatoms. The normalized spacial score (nSPS) is 18.7. The lowest BCUT2D eigenvalue weighted by molar-refractivity contribution is 0.330. The molecule has 0 radical (unpaired) electrons. The number of aryl methyl sites for hydroxylation is 1. The van der Waals surface area contributed by atoms with E-state index in [4.69, 9.17) is 16.3 Å². The van der Waals surface area contributed by atoms with Crippen LogP contribution >= 0.6 is 11.6 Å². The second-order valence-electron chi connectivity index (χ2n) is 5.53. The first-order chi connectivity index (χ1) is 10.6. The Bertz CT molecular complexity index is 776. The van der Waals surface area contributed by atoms with Gasteiger partial charge in [0.2, 0.25) is 10.0 Å². The molecule has 1 aliphatic rings. The van der Waals surface area contributed by atoms with Crippen LogP contribution in [0.5, 0.6) is 5.75 Å². The first kappa shape index (κ1) is 18.5. The molecule has 1 N–H and O–H groups in total. The third kappa shape index (κ3) is 4.59. The highest BCUT2D eigenvalue weighted by atomic mass is 35.5. The van der Waals surface area contributed by atoms with Crippen molar-refractivity contribution >= 4 is 31.5 Å². The van der Waals surface area contributed by atoms with Crippen LogP contribution in [0.2, 0.25) is 5.02 Å². The van der Waals surface area contributed by atoms with Crippen molar-refractivity contribution < 1.29 is 21.6 Å². The van der Waals surface area contributed by atoms with Crippen molar-refractivity contribution in [1.82, 2.24) is 4.72 Å². The van der Waals surface area contributed by atoms with Crippen molar-refractivity contribution in [1.29, 1.82) is 0 Å². The number of hydrogen-bond acceptors (Lipinski definition) is 5. The number of sulfonamides is 1. The van der Waals surface area contributed by atoms with Gasteiger partial charge in [-0.15, -0.1) is 0 Å². The molecular weight excluding hydrogens is 362 g/mol. The number of halogens is 1. The second-order valence-corrected chi connectivity index (χ2v) is 9.92. The van der Waals surface area contributed by atoms with Crippen molar-refractivity contribution in [2.45, 2.75) is 37.6 Å². The summed E-state index contributed by atoms with van der Waals surface area (Å²) in [5.74, 6) is 0.227. The van der Waals surface area contributed by atoms with Gasteiger partial charge >= 0.3 is 0 Å². The summed E-state index contributed by atoms with van der Waals surface area (Å²) in [7, 11) is -6.89. The standard InChI is InChI=1S/C14H20ClNO5S2/c1-3-21-13-8-10(2)12(15)9-14(13)23(19,20)16-11-4-6-22(17,18)7-5-11/h8-9,11,16H,3-7H2,1-2H3. The van der Waals surface area contributed by atoms with Crippen molar-refractivity contribution in [3.63, 3.8) is 0 Å². The maximum Gasteiger partial charge on any atom is 0.244 e. The number of ether oxygens (including phenoxy) is 1. The van der Waals surface area contributed by atoms with Gasteiger partial charge in [-0.3, -0.25) is 0 Å². The topological polar surface area (TPSA) is 89.5 Å². The van der Waals surface area contributed by atoms with Crippen LogP contribution in [-0.2, 0) is 19.9 Å². The largest absolute Gasteiger partial charge is 0.492 e. The monoisotopic (exact) mass is 381 g/mol. The molecule has 0 bridgehead atoms. The van der Waals surface area contributed by atoms with Gasteiger partial charge in [-0.2, -0.15) is 0 Å². The molecule has 1 aromatic carbocycles. The lowest BCUT2D eigenvalue weighted by Gasteiger charge is -2.23. The molecule has 0 amide bonds. The first-order valence-corrected chi connectivity index (χ1v) is 11.0. The molecule has 0 spiro atoms. The lowest BCUT2D eigenvalue weighted by Crippen LogP contribution is -2.40. The third-order valence-corrected chi connectivity index (χ3v) is 7.36. The number of rotatable bonds is 5. The predicted molar refractivity (Wildman–Crippen MR) is 89.4 cm³/mol. The second kappa shape index (κ2) is 6.96. The molecule has 2 rings (SSSR count). The van der Waals surface area contributed by atoms with E-state index in [0.717, 1.165) is 5.56 Å². The fourth-order valence-electron chi connectivity index (χ4n) is 2.41. The molecule has 0 saturated carbocycles. The molecule has 0 unspecified atom stereocenters. The Kier molecular flexibility index (Phi) is 5.60. The molecular formula is C14H20ClNO5S2. The summed E-state index contributed by atoms with van der Waals surface area (Å²) < 4.78 is 56.1. The average Bonchev–Trinajstić information content (AvgIpc) is 2.45. The Morgan fingerprint density at radius 3 is 2.48 bits per heavy atom. The highest BCUT2D eigenvalue weighted by molar-refractivity contribution is 7.91. The summed E-state index contributed by atoms with van der Waals surface area (Å²) in [5.41, 5.74) is 0.720. The minimum absolute atomic E-state index is 0.00679. The predicted octanol–water partition coefficient (Wildman–Crippen LogP) is 1.90. The van der Waals surface area contributed by atoms with Gasteiger partial charge in [0.15, 0.2) is 0 Å². The summed E-state index contributed by atoms with van der Waals surface area (Å²) in [6.45, 7) is 3.85. The Balaban J connectivity index is 2.27. The third-order valence-electron chi connectivity index (χ3n) is 3.69. The van der Waals surface area contributed by atoms with Gasteiger partial charge < -0.3 is 4.74 Å². The van der Waals surface area contributed by atoms with Gasteiger partial charge in [-0.05, 0) is 44.4 Å². The van der Waals surface area contributed by atoms with Crippen LogP contribution in [-0.4, -0.2) is 41.0 Å². The zero-order valence-corrected chi connectivity index (χ0v) is 15.4. The Labute approximate surface area is 142 Å². The molecule has 1 aliphatic heterocycles. The zero-order valence-electron chi connectivity index (χ0n) is 13.0. The van der Waals surface area contributed by atoms with E-state index < -0.39 is 25.9 Å². The number of benzene rings is 1. The Hall–Kier alpha value is -0.830. The number of hydrogen-bond donors (Lipinski definition) is 1. The van der Waals surface area contributed by atoms with E-state index in [2.05, 4.69) is 4.72 Å². The molecule has 23 heavy (non-hydrogen) atoms. The van der Waals surface area contributed by atoms with E-state index in [0.29, 0.717) is 11.6 Å². The maximum absolute atomic E-state index is 12.6. The molecule has 1 aromatic rings. The van der Waals surface area contributed by atoms with E-state index in [9.17, 15) is 16.8 Å². The van der Waals surface area contributed by atoms with Gasteiger partial charge in [0, 0.05) is 11.1 Å². The van der Waals surface area contributed by atoms with Crippen LogP contribution in [0.1, 0.15) is 25.3 Å². The van der Waals surface area contributed by atoms with E-state index >= 15 is 0 Å². The van der Waals surface area contributed by atoms with E-state index in [1.807, 2.05) is 0 Å². The quantitative estimate of drug-likeness (QED) is 0.841. The van der Waals surface area contributed by atoms with Gasteiger partial charge in [-0.1, -0.05) is 11.6 Å². The van der Waals surface area contributed by atoms with Gasteiger partial charge in [0.05, 0.1) is 18.1 Å². The number of sulfone groups is 1. The Morgan fingerprint density at radius 2 is 1.91 bits per heavy atom. The summed E-state index contributed by atoms with van der Waals surface area (Å²) in [5, 5.41) is 0.333. The summed E-state index contributed by atoms with van der Waals surface area (Å²) >= 11 is 6.05. The molecule has 0 atom stereocenters. The van der Waals surface area contributed by atoms with Crippen LogP contribution in [0.3, 0.4) is 0 Å². The molecule has 6 nitrogen and oxygen atoms in total. The summed E-state index contributed by atoms with van der Waals surface area (Å²) in [6, 6.07) is 2.55. The lowest BCUT2D eigenvalue weighted by atomic mass is 10.2. The fraction of sp³-hybridized carbons (Fsp3) is 0.571. The molecule has 1 fully saturated rings. The molecule has 1 heterocycles. The maximum atomic E-state index is 12.6. The van der Waals surface area contributed by atoms with Crippen molar-refractivity contribution in [2.24, 2.45) is 0 Å². The fourth-order valence-corrected chi connectivity index (χ4v) is 5.58. The van der Waals surface area contributed by atoms with Crippen LogP contribution in [0.25, 0.3) is 0 Å². The van der Waals surface area contributed by atoms with Crippen molar-refractivity contribution in [3.05, 3.63) is 22.7 Å². The first-order valence-electron chi connectivity index (χ1n) is 7.30. The van der Waals surface area contributed by atoms with Gasteiger partial charge in [-0.25, -0.2) is 21.6 Å². The molecule has 0 aromatic heterocycles. The molecule has 1 saturated heterocycles. The highest BCUT2D eigenvalue weighted by Crippen LogP contribution is 2.31. The van der Waals surface area contributed by atoms with Gasteiger partial charge in [0.1, 0.15) is 20.5 Å². The SMILES string of the molecule is CCOc1cc(C)c(Cl)cc1S(=O)(=O)NC1CCS(=O)(=O)CC1. The molecule has 0 aliphatic carbocycles. The smallest absolute Gasteiger partial charge is 0.244 e. The average molecular weight is 382 g/mol. The molecule has 130 valence electrons.